The summed E-state index contributed by atoms with van der Waals surface area (Å²) in [6.45, 7) is 15.6. The summed E-state index contributed by atoms with van der Waals surface area (Å²) in [4.78, 5) is 38.7. The Bertz CT molecular complexity index is 3300. The summed E-state index contributed by atoms with van der Waals surface area (Å²) < 4.78 is 1.98. The number of imide groups is 1. The minimum atomic E-state index is -0.502. The average Bonchev–Trinajstić information content (AvgIpc) is 3.81. The summed E-state index contributed by atoms with van der Waals surface area (Å²) in [7, 11) is 0. The first kappa shape index (κ1) is 37.0. The molecule has 0 N–H and O–H groups in total. The van der Waals surface area contributed by atoms with Crippen molar-refractivity contribution in [1.82, 2.24) is 4.57 Å². The summed E-state index contributed by atoms with van der Waals surface area (Å²) in [6, 6.07) is 56.7. The quantitative estimate of drug-likeness (QED) is 0.124. The van der Waals surface area contributed by atoms with Gasteiger partial charge in [0.1, 0.15) is 0 Å². The third-order valence-electron chi connectivity index (χ3n) is 11.3. The number of anilines is 1. The summed E-state index contributed by atoms with van der Waals surface area (Å²) in [5, 5.41) is 21.6. The van der Waals surface area contributed by atoms with Crippen LogP contribution in [0.2, 0.25) is 0 Å². The molecule has 8 nitrogen and oxygen atoms in total. The predicted octanol–water partition coefficient (Wildman–Crippen LogP) is 13.1. The van der Waals surface area contributed by atoms with Gasteiger partial charge in [-0.1, -0.05) is 103 Å². The average molecular weight is 793 g/mol. The monoisotopic (exact) mass is 792 g/mol. The first-order valence-electron chi connectivity index (χ1n) is 19.6. The van der Waals surface area contributed by atoms with E-state index in [1.54, 1.807) is 48.5 Å². The van der Waals surface area contributed by atoms with Crippen molar-refractivity contribution in [2.75, 3.05) is 4.90 Å². The van der Waals surface area contributed by atoms with Gasteiger partial charge in [-0.25, -0.2) is 14.6 Å². The van der Waals surface area contributed by atoms with Gasteiger partial charge in [-0.3, -0.25) is 9.59 Å². The zero-order valence-corrected chi connectivity index (χ0v) is 32.7. The minimum Gasteiger partial charge on any atom is -0.307 e. The zero-order valence-electron chi connectivity index (χ0n) is 32.7. The van der Waals surface area contributed by atoms with Crippen LogP contribution in [-0.4, -0.2) is 16.4 Å². The number of benzene rings is 8. The van der Waals surface area contributed by atoms with E-state index in [4.69, 9.17) is 13.1 Å². The van der Waals surface area contributed by atoms with Gasteiger partial charge >= 0.3 is 0 Å². The van der Waals surface area contributed by atoms with Crippen LogP contribution in [0.25, 0.3) is 81.7 Å². The van der Waals surface area contributed by atoms with E-state index in [1.165, 1.54) is 4.90 Å². The Kier molecular flexibility index (Phi) is 8.82. The molecule has 1 aliphatic heterocycles. The molecular weight excluding hydrogens is 765 g/mol. The number of carbonyl (C=O) groups excluding carboxylic acids is 2. The van der Waals surface area contributed by atoms with Gasteiger partial charge in [0.05, 0.1) is 58.8 Å². The number of aromatic nitrogens is 1. The van der Waals surface area contributed by atoms with Gasteiger partial charge in [0.25, 0.3) is 11.8 Å². The highest BCUT2D eigenvalue weighted by Crippen LogP contribution is 2.45. The van der Waals surface area contributed by atoms with E-state index in [0.717, 1.165) is 33.0 Å². The van der Waals surface area contributed by atoms with Gasteiger partial charge in [-0.05, 0) is 100 Å². The van der Waals surface area contributed by atoms with Gasteiger partial charge in [0, 0.05) is 33.0 Å². The molecule has 2 amide bonds. The molecule has 0 aliphatic carbocycles. The van der Waals surface area contributed by atoms with Gasteiger partial charge in [0.2, 0.25) is 0 Å². The van der Waals surface area contributed by atoms with E-state index in [2.05, 4.69) is 27.9 Å². The Morgan fingerprint density at radius 2 is 0.935 bits per heavy atom. The maximum atomic E-state index is 15.3. The van der Waals surface area contributed by atoms with Gasteiger partial charge in [-0.15, -0.1) is 0 Å². The predicted molar refractivity (Wildman–Crippen MR) is 242 cm³/mol. The minimum absolute atomic E-state index is 0.201. The summed E-state index contributed by atoms with van der Waals surface area (Å²) >= 11 is 0. The number of amides is 2. The van der Waals surface area contributed by atoms with E-state index < -0.39 is 11.8 Å². The Labute approximate surface area is 356 Å². The molecule has 0 bridgehead atoms. The number of hydrogen-bond donors (Lipinski definition) is 0. The fourth-order valence-corrected chi connectivity index (χ4v) is 8.64. The Hall–Kier alpha value is -9.34. The molecular formula is C54H28N6O2. The maximum Gasteiger partial charge on any atom is 0.268 e. The second-order valence-electron chi connectivity index (χ2n) is 14.9. The highest BCUT2D eigenvalue weighted by Gasteiger charge is 2.40. The van der Waals surface area contributed by atoms with Crippen LogP contribution in [-0.2, 0) is 0 Å². The summed E-state index contributed by atoms with van der Waals surface area (Å²) in [5.41, 5.74) is 10.0. The molecule has 0 unspecified atom stereocenters. The smallest absolute Gasteiger partial charge is 0.268 e. The lowest BCUT2D eigenvalue weighted by Crippen LogP contribution is -2.29. The topological polar surface area (TPSA) is 98.6 Å². The van der Waals surface area contributed by atoms with Crippen LogP contribution in [0, 0.1) is 35.8 Å². The molecule has 0 radical (unpaired) electrons. The Morgan fingerprint density at radius 3 is 1.42 bits per heavy atom. The highest BCUT2D eigenvalue weighted by atomic mass is 16.2. The van der Waals surface area contributed by atoms with Crippen molar-refractivity contribution in [3.05, 3.63) is 215 Å². The standard InChI is InChI=1S/C54H28N6O2/c1-57-41-24-33(31-55)22-39(27-41)44-16-9-18-46-47-19-10-17-45(40-23-34(32-56)25-42(28-40)58-2)52(47)60(51(44)46)49-21-11-20-48-50(49)54(62)59(53(48)61)43-29-37(35-12-5-3-6-13-35)26-38(30-43)36-14-7-4-8-15-36/h3-30H. The summed E-state index contributed by atoms with van der Waals surface area (Å²) in [5.74, 6) is -0.970. The van der Waals surface area contributed by atoms with E-state index in [1.807, 2.05) is 120 Å². The van der Waals surface area contributed by atoms with Crippen molar-refractivity contribution in [1.29, 1.82) is 10.5 Å². The van der Waals surface area contributed by atoms with Crippen LogP contribution in [0.5, 0.6) is 0 Å². The lowest BCUT2D eigenvalue weighted by atomic mass is 9.97. The van der Waals surface area contributed by atoms with E-state index in [9.17, 15) is 15.3 Å². The fourth-order valence-electron chi connectivity index (χ4n) is 8.64. The number of nitriles is 2. The summed E-state index contributed by atoms with van der Waals surface area (Å²) in [6.07, 6.45) is 0. The Morgan fingerprint density at radius 1 is 0.452 bits per heavy atom. The van der Waals surface area contributed by atoms with Crippen LogP contribution in [0.15, 0.2) is 170 Å². The van der Waals surface area contributed by atoms with Crippen molar-refractivity contribution in [3.63, 3.8) is 0 Å². The molecule has 0 fully saturated rings. The molecule has 9 aromatic rings. The number of hydrogen-bond acceptors (Lipinski definition) is 4. The van der Waals surface area contributed by atoms with Gasteiger partial charge < -0.3 is 4.57 Å². The third-order valence-corrected chi connectivity index (χ3v) is 11.3. The first-order valence-corrected chi connectivity index (χ1v) is 19.6. The largest absolute Gasteiger partial charge is 0.307 e. The number of nitrogens with zero attached hydrogens (tertiary/aromatic N) is 6. The van der Waals surface area contributed by atoms with Crippen molar-refractivity contribution >= 4 is 50.7 Å². The molecule has 0 saturated carbocycles. The van der Waals surface area contributed by atoms with E-state index in [0.29, 0.717) is 67.2 Å². The van der Waals surface area contributed by atoms with Crippen LogP contribution >= 0.6 is 0 Å². The Balaban J connectivity index is 1.27. The lowest BCUT2D eigenvalue weighted by molar-refractivity contribution is 0.0926. The maximum absolute atomic E-state index is 15.3. The molecule has 8 aromatic carbocycles. The number of fused-ring (bicyclic) bond motifs is 4. The van der Waals surface area contributed by atoms with Gasteiger partial charge in [-0.2, -0.15) is 10.5 Å². The fraction of sp³-hybridized carbons (Fsp3) is 0. The molecule has 10 rings (SSSR count). The van der Waals surface area contributed by atoms with Crippen molar-refractivity contribution in [2.24, 2.45) is 0 Å². The normalized spacial score (nSPS) is 11.8. The molecule has 8 heteroatoms. The zero-order chi connectivity index (χ0) is 42.5. The van der Waals surface area contributed by atoms with Crippen molar-refractivity contribution in [2.45, 2.75) is 0 Å². The SMILES string of the molecule is [C-]#[N+]c1cc(C#N)cc(-c2cccc3c4cccc(-c5cc(C#N)cc([N+]#[C-])c5)c4n(-c4cccc5c4C(=O)N(c4cc(-c6ccccc6)cc(-c6ccccc6)c4)C5=O)c23)c1. The second-order valence-corrected chi connectivity index (χ2v) is 14.9. The van der Waals surface area contributed by atoms with Crippen molar-refractivity contribution in [3.8, 4) is 62.3 Å². The number of para-hydroxylation sites is 2. The van der Waals surface area contributed by atoms with Crippen LogP contribution in [0.3, 0.4) is 0 Å². The molecule has 0 spiro atoms. The number of rotatable bonds is 6. The second kappa shape index (κ2) is 14.8. The van der Waals surface area contributed by atoms with E-state index >= 15 is 4.79 Å². The van der Waals surface area contributed by atoms with E-state index in [-0.39, 0.29) is 11.1 Å². The first-order chi connectivity index (χ1) is 30.4. The van der Waals surface area contributed by atoms with Gasteiger partial charge in [0.15, 0.2) is 11.4 Å². The lowest BCUT2D eigenvalue weighted by Gasteiger charge is -2.19. The molecule has 0 saturated heterocycles. The van der Waals surface area contributed by atoms with Crippen LogP contribution in [0.4, 0.5) is 17.1 Å². The van der Waals surface area contributed by atoms with Crippen molar-refractivity contribution < 1.29 is 9.59 Å². The molecule has 1 aliphatic rings. The van der Waals surface area contributed by atoms with Crippen LogP contribution < -0.4 is 4.90 Å². The molecule has 2 heterocycles. The molecule has 1 aromatic heterocycles. The highest BCUT2D eigenvalue weighted by molar-refractivity contribution is 6.36. The molecule has 286 valence electrons. The number of carbonyl (C=O) groups is 2. The molecule has 0 atom stereocenters. The molecule has 62 heavy (non-hydrogen) atoms. The van der Waals surface area contributed by atoms with Crippen LogP contribution in [0.1, 0.15) is 31.8 Å². The third kappa shape index (κ3) is 5.97.